The Kier molecular flexibility index (Phi) is 5.49. The van der Waals surface area contributed by atoms with Crippen LogP contribution in [-0.2, 0) is 17.8 Å². The fraction of sp³-hybridized carbons (Fsp3) is 0.300. The van der Waals surface area contributed by atoms with Gasteiger partial charge in [0.15, 0.2) is 0 Å². The predicted molar refractivity (Wildman–Crippen MR) is 105 cm³/mol. The monoisotopic (exact) mass is 365 g/mol. The van der Waals surface area contributed by atoms with Gasteiger partial charge in [0.1, 0.15) is 5.52 Å². The van der Waals surface area contributed by atoms with E-state index in [4.69, 9.17) is 0 Å². The molecule has 0 unspecified atom stereocenters. The maximum atomic E-state index is 12.6. The van der Waals surface area contributed by atoms with Crippen molar-refractivity contribution in [2.75, 3.05) is 18.9 Å². The molecule has 0 bridgehead atoms. The van der Waals surface area contributed by atoms with Gasteiger partial charge >= 0.3 is 0 Å². The molecule has 2 amide bonds. The van der Waals surface area contributed by atoms with Crippen molar-refractivity contribution in [3.8, 4) is 0 Å². The second-order valence-corrected chi connectivity index (χ2v) is 6.37. The average Bonchev–Trinajstić information content (AvgIpc) is 3.09. The highest BCUT2D eigenvalue weighted by atomic mass is 16.2. The Labute approximate surface area is 158 Å². The fourth-order valence-electron chi connectivity index (χ4n) is 2.92. The molecule has 0 aliphatic heterocycles. The van der Waals surface area contributed by atoms with Crippen LogP contribution < -0.4 is 5.32 Å². The number of nitrogens with one attached hydrogen (secondary N) is 1. The zero-order valence-corrected chi connectivity index (χ0v) is 15.8. The average molecular weight is 365 g/mol. The molecule has 7 nitrogen and oxygen atoms in total. The van der Waals surface area contributed by atoms with E-state index in [1.54, 1.807) is 23.9 Å². The lowest BCUT2D eigenvalue weighted by Crippen LogP contribution is -2.34. The molecule has 140 valence electrons. The molecule has 1 N–H and O–H groups in total. The van der Waals surface area contributed by atoms with Crippen LogP contribution in [0.2, 0.25) is 0 Å². The first-order chi connectivity index (χ1) is 13.0. The van der Waals surface area contributed by atoms with Crippen molar-refractivity contribution in [1.82, 2.24) is 19.9 Å². The third kappa shape index (κ3) is 4.13. The SMILES string of the molecule is CCc1cccc(NC(=O)CN(C)C(=O)c2ccc3c(c2)nnn3CC)c1. The molecule has 0 radical (unpaired) electrons. The van der Waals surface area contributed by atoms with Crippen LogP contribution in [0, 0.1) is 0 Å². The first-order valence-corrected chi connectivity index (χ1v) is 8.99. The van der Waals surface area contributed by atoms with Gasteiger partial charge in [0.05, 0.1) is 12.1 Å². The number of hydrogen-bond acceptors (Lipinski definition) is 4. The molecule has 3 aromatic rings. The summed E-state index contributed by atoms with van der Waals surface area (Å²) in [6.45, 7) is 4.72. The third-order valence-corrected chi connectivity index (χ3v) is 4.41. The van der Waals surface area contributed by atoms with Gasteiger partial charge in [0.2, 0.25) is 5.91 Å². The van der Waals surface area contributed by atoms with Crippen LogP contribution in [0.5, 0.6) is 0 Å². The van der Waals surface area contributed by atoms with Crippen molar-refractivity contribution >= 4 is 28.5 Å². The molecule has 1 aromatic heterocycles. The minimum Gasteiger partial charge on any atom is -0.332 e. The quantitative estimate of drug-likeness (QED) is 0.728. The van der Waals surface area contributed by atoms with Crippen LogP contribution in [0.1, 0.15) is 29.8 Å². The van der Waals surface area contributed by atoms with Gasteiger partial charge in [-0.3, -0.25) is 9.59 Å². The van der Waals surface area contributed by atoms with E-state index in [2.05, 4.69) is 22.6 Å². The van der Waals surface area contributed by atoms with Gasteiger partial charge in [-0.1, -0.05) is 24.3 Å². The number of aromatic nitrogens is 3. The molecule has 0 fully saturated rings. The van der Waals surface area contributed by atoms with Crippen molar-refractivity contribution < 1.29 is 9.59 Å². The molecule has 0 saturated heterocycles. The summed E-state index contributed by atoms with van der Waals surface area (Å²) >= 11 is 0. The number of carbonyl (C=O) groups is 2. The summed E-state index contributed by atoms with van der Waals surface area (Å²) in [5.41, 5.74) is 3.90. The standard InChI is InChI=1S/C20H23N5O2/c1-4-14-7-6-8-16(11-14)21-19(26)13-24(3)20(27)15-9-10-18-17(12-15)22-23-25(18)5-2/h6-12H,4-5,13H2,1-3H3,(H,21,26). The minimum atomic E-state index is -0.239. The van der Waals surface area contributed by atoms with Gasteiger partial charge in [0.25, 0.3) is 5.91 Å². The number of aryl methyl sites for hydroxylation is 2. The van der Waals surface area contributed by atoms with Crippen molar-refractivity contribution in [2.24, 2.45) is 0 Å². The Hall–Kier alpha value is -3.22. The topological polar surface area (TPSA) is 80.1 Å². The molecule has 0 atom stereocenters. The maximum Gasteiger partial charge on any atom is 0.254 e. The molecule has 3 rings (SSSR count). The van der Waals surface area contributed by atoms with Crippen molar-refractivity contribution in [3.63, 3.8) is 0 Å². The molecule has 27 heavy (non-hydrogen) atoms. The normalized spacial score (nSPS) is 10.8. The molecule has 0 aliphatic rings. The van der Waals surface area contributed by atoms with Crippen molar-refractivity contribution in [2.45, 2.75) is 26.8 Å². The summed E-state index contributed by atoms with van der Waals surface area (Å²) < 4.78 is 1.77. The highest BCUT2D eigenvalue weighted by Gasteiger charge is 2.16. The number of likely N-dealkylation sites (N-methyl/N-ethyl adjacent to an activating group) is 1. The molecule has 0 saturated carbocycles. The molecule has 1 heterocycles. The van der Waals surface area contributed by atoms with Crippen LogP contribution in [0.3, 0.4) is 0 Å². The minimum absolute atomic E-state index is 0.0329. The number of rotatable bonds is 6. The molecule has 0 spiro atoms. The molecular weight excluding hydrogens is 342 g/mol. The Balaban J connectivity index is 1.67. The number of amides is 2. The first kappa shape index (κ1) is 18.6. The lowest BCUT2D eigenvalue weighted by molar-refractivity contribution is -0.116. The maximum absolute atomic E-state index is 12.6. The van der Waals surface area contributed by atoms with E-state index in [-0.39, 0.29) is 18.4 Å². The van der Waals surface area contributed by atoms with Gasteiger partial charge in [-0.15, -0.1) is 5.10 Å². The Morgan fingerprint density at radius 1 is 1.15 bits per heavy atom. The lowest BCUT2D eigenvalue weighted by atomic mass is 10.1. The Morgan fingerprint density at radius 2 is 1.96 bits per heavy atom. The third-order valence-electron chi connectivity index (χ3n) is 4.41. The number of hydrogen-bond donors (Lipinski definition) is 1. The van der Waals surface area contributed by atoms with E-state index in [0.717, 1.165) is 23.2 Å². The molecular formula is C20H23N5O2. The molecule has 0 aliphatic carbocycles. The summed E-state index contributed by atoms with van der Waals surface area (Å²) in [7, 11) is 1.61. The summed E-state index contributed by atoms with van der Waals surface area (Å²) in [4.78, 5) is 26.3. The largest absolute Gasteiger partial charge is 0.332 e. The summed E-state index contributed by atoms with van der Waals surface area (Å²) in [6, 6.07) is 13.0. The summed E-state index contributed by atoms with van der Waals surface area (Å²) in [6.07, 6.45) is 0.896. The van der Waals surface area contributed by atoms with Gasteiger partial charge in [-0.25, -0.2) is 4.68 Å². The number of carbonyl (C=O) groups excluding carboxylic acids is 2. The van der Waals surface area contributed by atoms with E-state index < -0.39 is 0 Å². The van der Waals surface area contributed by atoms with Crippen LogP contribution in [0.4, 0.5) is 5.69 Å². The number of anilines is 1. The Bertz CT molecular complexity index is 979. The smallest absolute Gasteiger partial charge is 0.254 e. The number of fused-ring (bicyclic) bond motifs is 1. The first-order valence-electron chi connectivity index (χ1n) is 8.99. The molecule has 2 aromatic carbocycles. The van der Waals surface area contributed by atoms with E-state index in [1.165, 1.54) is 4.90 Å². The van der Waals surface area contributed by atoms with Crippen LogP contribution >= 0.6 is 0 Å². The Morgan fingerprint density at radius 3 is 2.70 bits per heavy atom. The van der Waals surface area contributed by atoms with Crippen LogP contribution in [0.25, 0.3) is 11.0 Å². The van der Waals surface area contributed by atoms with Crippen molar-refractivity contribution in [3.05, 3.63) is 53.6 Å². The summed E-state index contributed by atoms with van der Waals surface area (Å²) in [5.74, 6) is -0.475. The van der Waals surface area contributed by atoms with E-state index in [9.17, 15) is 9.59 Å². The van der Waals surface area contributed by atoms with Gasteiger partial charge in [-0.2, -0.15) is 0 Å². The second-order valence-electron chi connectivity index (χ2n) is 6.37. The van der Waals surface area contributed by atoms with E-state index in [0.29, 0.717) is 17.6 Å². The fourth-order valence-corrected chi connectivity index (χ4v) is 2.92. The van der Waals surface area contributed by atoms with Crippen LogP contribution in [0.15, 0.2) is 42.5 Å². The van der Waals surface area contributed by atoms with Crippen molar-refractivity contribution in [1.29, 1.82) is 0 Å². The van der Waals surface area contributed by atoms with Crippen LogP contribution in [-0.4, -0.2) is 45.3 Å². The second kappa shape index (κ2) is 7.99. The predicted octanol–water partition coefficient (Wildman–Crippen LogP) is 2.72. The summed E-state index contributed by atoms with van der Waals surface area (Å²) in [5, 5.41) is 11.0. The molecule has 7 heteroatoms. The van der Waals surface area contributed by atoms with Gasteiger partial charge in [-0.05, 0) is 49.2 Å². The number of benzene rings is 2. The van der Waals surface area contributed by atoms with Gasteiger partial charge in [0, 0.05) is 24.8 Å². The lowest BCUT2D eigenvalue weighted by Gasteiger charge is -2.17. The number of nitrogens with zero attached hydrogens (tertiary/aromatic N) is 4. The zero-order chi connectivity index (χ0) is 19.4. The highest BCUT2D eigenvalue weighted by molar-refractivity contribution is 6.00. The van der Waals surface area contributed by atoms with Gasteiger partial charge < -0.3 is 10.2 Å². The highest BCUT2D eigenvalue weighted by Crippen LogP contribution is 2.15. The zero-order valence-electron chi connectivity index (χ0n) is 15.8. The van der Waals surface area contributed by atoms with E-state index in [1.807, 2.05) is 37.3 Å². The van der Waals surface area contributed by atoms with E-state index >= 15 is 0 Å².